The molecule has 0 aliphatic carbocycles. The Morgan fingerprint density at radius 2 is 1.69 bits per heavy atom. The molecule has 0 radical (unpaired) electrons. The van der Waals surface area contributed by atoms with E-state index in [-0.39, 0.29) is 22.7 Å². The molecule has 5 nitrogen and oxygen atoms in total. The van der Waals surface area contributed by atoms with Gasteiger partial charge in [-0.05, 0) is 42.5 Å². The number of nitrogens with one attached hydrogen (secondary N) is 1. The lowest BCUT2D eigenvalue weighted by Crippen LogP contribution is -2.35. The first kappa shape index (κ1) is 18.5. The normalized spacial score (nSPS) is 15.8. The third-order valence-corrected chi connectivity index (χ3v) is 4.29. The average Bonchev–Trinajstić information content (AvgIpc) is 3.28. The molecule has 1 fully saturated rings. The van der Waals surface area contributed by atoms with Crippen LogP contribution in [0.15, 0.2) is 76.7 Å². The maximum absolute atomic E-state index is 12.9. The van der Waals surface area contributed by atoms with E-state index in [1.54, 1.807) is 30.3 Å². The van der Waals surface area contributed by atoms with Gasteiger partial charge in [-0.1, -0.05) is 30.3 Å². The van der Waals surface area contributed by atoms with E-state index in [0.29, 0.717) is 5.69 Å². The van der Waals surface area contributed by atoms with Crippen LogP contribution in [-0.2, 0) is 15.8 Å². The van der Waals surface area contributed by atoms with Crippen molar-refractivity contribution >= 4 is 23.6 Å². The van der Waals surface area contributed by atoms with Crippen LogP contribution in [0.5, 0.6) is 0 Å². The van der Waals surface area contributed by atoms with Crippen molar-refractivity contribution in [2.75, 3.05) is 5.01 Å². The van der Waals surface area contributed by atoms with Crippen LogP contribution in [0.3, 0.4) is 0 Å². The van der Waals surface area contributed by atoms with E-state index in [0.717, 1.165) is 17.1 Å². The van der Waals surface area contributed by atoms with E-state index >= 15 is 0 Å². The maximum Gasteiger partial charge on any atom is 0.416 e. The first-order chi connectivity index (χ1) is 13.8. The molecule has 3 aromatic rings. The van der Waals surface area contributed by atoms with E-state index in [9.17, 15) is 22.8 Å². The molecule has 29 heavy (non-hydrogen) atoms. The number of anilines is 1. The Labute approximate surface area is 163 Å². The van der Waals surface area contributed by atoms with Crippen molar-refractivity contribution in [3.8, 4) is 11.3 Å². The van der Waals surface area contributed by atoms with Crippen LogP contribution < -0.4 is 10.4 Å². The number of hydrogen-bond acceptors (Lipinski definition) is 3. The summed E-state index contributed by atoms with van der Waals surface area (Å²) in [5, 5.41) is 1.12. The molecule has 2 amide bonds. The Kier molecular flexibility index (Phi) is 4.46. The molecule has 4 rings (SSSR count). The fraction of sp³-hybridized carbons (Fsp3) is 0.0476. The summed E-state index contributed by atoms with van der Waals surface area (Å²) in [5.74, 6) is -0.798. The molecule has 2 aromatic carbocycles. The lowest BCUT2D eigenvalue weighted by Gasteiger charge is -2.13. The van der Waals surface area contributed by atoms with E-state index in [4.69, 9.17) is 4.42 Å². The van der Waals surface area contributed by atoms with Crippen molar-refractivity contribution in [3.63, 3.8) is 0 Å². The number of para-hydroxylation sites is 1. The zero-order valence-electron chi connectivity index (χ0n) is 14.7. The van der Waals surface area contributed by atoms with E-state index < -0.39 is 23.6 Å². The molecule has 0 unspecified atom stereocenters. The largest absolute Gasteiger partial charge is 0.457 e. The van der Waals surface area contributed by atoms with Crippen molar-refractivity contribution < 1.29 is 27.2 Å². The molecule has 1 aliphatic rings. The number of furan rings is 1. The molecule has 1 aliphatic heterocycles. The highest BCUT2D eigenvalue weighted by atomic mass is 19.4. The van der Waals surface area contributed by atoms with Crippen molar-refractivity contribution in [2.45, 2.75) is 6.18 Å². The van der Waals surface area contributed by atoms with Gasteiger partial charge in [0.15, 0.2) is 0 Å². The van der Waals surface area contributed by atoms with Gasteiger partial charge in [0.05, 0.1) is 11.3 Å². The van der Waals surface area contributed by atoms with Crippen LogP contribution in [0, 0.1) is 0 Å². The maximum atomic E-state index is 12.9. The fourth-order valence-corrected chi connectivity index (χ4v) is 2.89. The molecule has 0 spiro atoms. The third kappa shape index (κ3) is 3.64. The van der Waals surface area contributed by atoms with Crippen LogP contribution in [-0.4, -0.2) is 11.8 Å². The number of carbonyl (C=O) groups is 2. The first-order valence-electron chi connectivity index (χ1n) is 8.52. The highest BCUT2D eigenvalue weighted by Gasteiger charge is 2.35. The van der Waals surface area contributed by atoms with Crippen molar-refractivity contribution in [1.29, 1.82) is 0 Å². The van der Waals surface area contributed by atoms with Gasteiger partial charge < -0.3 is 4.42 Å². The molecule has 0 atom stereocenters. The minimum Gasteiger partial charge on any atom is -0.457 e. The van der Waals surface area contributed by atoms with Crippen molar-refractivity contribution in [2.24, 2.45) is 0 Å². The predicted octanol–water partition coefficient (Wildman–Crippen LogP) is 4.43. The molecular weight excluding hydrogens is 385 g/mol. The quantitative estimate of drug-likeness (QED) is 0.525. The number of rotatable bonds is 3. The monoisotopic (exact) mass is 398 g/mol. The summed E-state index contributed by atoms with van der Waals surface area (Å²) >= 11 is 0. The number of nitrogens with zero attached hydrogens (tertiary/aromatic N) is 1. The molecule has 0 saturated carbocycles. The summed E-state index contributed by atoms with van der Waals surface area (Å²) in [6.07, 6.45) is -3.21. The van der Waals surface area contributed by atoms with Crippen LogP contribution >= 0.6 is 0 Å². The second kappa shape index (κ2) is 6.97. The van der Waals surface area contributed by atoms with Gasteiger partial charge in [0.2, 0.25) is 0 Å². The number of amides is 2. The number of benzene rings is 2. The highest BCUT2D eigenvalue weighted by molar-refractivity contribution is 6.31. The summed E-state index contributed by atoms with van der Waals surface area (Å²) in [4.78, 5) is 24.8. The van der Waals surface area contributed by atoms with Gasteiger partial charge in [0.1, 0.15) is 17.1 Å². The summed E-state index contributed by atoms with van der Waals surface area (Å²) < 4.78 is 44.2. The van der Waals surface area contributed by atoms with Crippen LogP contribution in [0.4, 0.5) is 18.9 Å². The van der Waals surface area contributed by atoms with Gasteiger partial charge in [-0.2, -0.15) is 13.2 Å². The summed E-state index contributed by atoms with van der Waals surface area (Å²) in [7, 11) is 0. The standard InChI is InChI=1S/C21H13F3N2O3/c22-21(23,24)14-6-4-5-13(11-14)18-10-9-16(29-18)12-17-19(27)25-26(20(17)28)15-7-2-1-3-8-15/h1-12H,(H,25,27). The Bertz CT molecular complexity index is 1120. The predicted molar refractivity (Wildman–Crippen MR) is 99.2 cm³/mol. The number of hydrazine groups is 1. The Balaban J connectivity index is 1.61. The smallest absolute Gasteiger partial charge is 0.416 e. The van der Waals surface area contributed by atoms with E-state index in [1.807, 2.05) is 0 Å². The number of hydrogen-bond donors (Lipinski definition) is 1. The molecule has 1 saturated heterocycles. The topological polar surface area (TPSA) is 62.6 Å². The molecular formula is C21H13F3N2O3. The molecule has 8 heteroatoms. The zero-order valence-corrected chi connectivity index (χ0v) is 14.7. The Morgan fingerprint density at radius 3 is 2.41 bits per heavy atom. The number of halogens is 3. The van der Waals surface area contributed by atoms with Crippen LogP contribution in [0.25, 0.3) is 17.4 Å². The Hall–Kier alpha value is -3.81. The molecule has 1 N–H and O–H groups in total. The van der Waals surface area contributed by atoms with Crippen molar-refractivity contribution in [1.82, 2.24) is 5.43 Å². The van der Waals surface area contributed by atoms with Crippen LogP contribution in [0.1, 0.15) is 11.3 Å². The highest BCUT2D eigenvalue weighted by Crippen LogP contribution is 2.33. The van der Waals surface area contributed by atoms with Gasteiger partial charge in [0, 0.05) is 5.56 Å². The van der Waals surface area contributed by atoms with E-state index in [1.165, 1.54) is 30.3 Å². The third-order valence-electron chi connectivity index (χ3n) is 4.29. The van der Waals surface area contributed by atoms with Gasteiger partial charge in [0.25, 0.3) is 11.8 Å². The van der Waals surface area contributed by atoms with Gasteiger partial charge in [-0.3, -0.25) is 15.0 Å². The summed E-state index contributed by atoms with van der Waals surface area (Å²) in [6.45, 7) is 0. The minimum absolute atomic E-state index is 0.140. The minimum atomic E-state index is -4.47. The molecule has 1 aromatic heterocycles. The van der Waals surface area contributed by atoms with E-state index in [2.05, 4.69) is 5.43 Å². The number of carbonyl (C=O) groups excluding carboxylic acids is 2. The van der Waals surface area contributed by atoms with Crippen molar-refractivity contribution in [3.05, 3.63) is 83.6 Å². The fourth-order valence-electron chi connectivity index (χ4n) is 2.89. The molecule has 2 heterocycles. The molecule has 0 bridgehead atoms. The summed E-state index contributed by atoms with van der Waals surface area (Å²) in [5.41, 5.74) is 2.26. The average molecular weight is 398 g/mol. The lowest BCUT2D eigenvalue weighted by atomic mass is 10.1. The summed E-state index contributed by atoms with van der Waals surface area (Å²) in [6, 6.07) is 16.2. The zero-order chi connectivity index (χ0) is 20.6. The van der Waals surface area contributed by atoms with Gasteiger partial charge in [-0.15, -0.1) is 0 Å². The Morgan fingerprint density at radius 1 is 0.931 bits per heavy atom. The van der Waals surface area contributed by atoms with Crippen LogP contribution in [0.2, 0.25) is 0 Å². The lowest BCUT2D eigenvalue weighted by molar-refractivity contribution is -0.137. The first-order valence-corrected chi connectivity index (χ1v) is 8.52. The second-order valence-corrected chi connectivity index (χ2v) is 6.26. The second-order valence-electron chi connectivity index (χ2n) is 6.26. The number of alkyl halides is 3. The SMILES string of the molecule is O=C1NN(c2ccccc2)C(=O)C1=Cc1ccc(-c2cccc(C(F)(F)F)c2)o1. The van der Waals surface area contributed by atoms with Gasteiger partial charge >= 0.3 is 6.18 Å². The van der Waals surface area contributed by atoms with Gasteiger partial charge in [-0.25, -0.2) is 5.01 Å². The molecule has 146 valence electrons.